The molecule has 0 unspecified atom stereocenters. The SMILES string of the molecule is CCc1ccc(NC(=O)c2ccc(S(=O)(=O)Nc3ccccc3C)cc2)cc1. The van der Waals surface area contributed by atoms with Crippen LogP contribution in [0.5, 0.6) is 0 Å². The van der Waals surface area contributed by atoms with Crippen molar-refractivity contribution in [3.63, 3.8) is 0 Å². The summed E-state index contributed by atoms with van der Waals surface area (Å²) >= 11 is 0. The summed E-state index contributed by atoms with van der Waals surface area (Å²) in [6.45, 7) is 3.90. The number of rotatable bonds is 6. The standard InChI is InChI=1S/C22H22N2O3S/c1-3-17-8-12-19(13-9-17)23-22(25)18-10-14-20(15-11-18)28(26,27)24-21-7-5-4-6-16(21)2/h4-15,24H,3H2,1-2H3,(H,23,25). The van der Waals surface area contributed by atoms with Crippen LogP contribution in [0.15, 0.2) is 77.7 Å². The monoisotopic (exact) mass is 394 g/mol. The third-order valence-electron chi connectivity index (χ3n) is 4.44. The van der Waals surface area contributed by atoms with E-state index in [0.29, 0.717) is 16.9 Å². The van der Waals surface area contributed by atoms with Gasteiger partial charge >= 0.3 is 0 Å². The zero-order valence-electron chi connectivity index (χ0n) is 15.8. The minimum Gasteiger partial charge on any atom is -0.322 e. The number of nitrogens with one attached hydrogen (secondary N) is 2. The molecule has 3 aromatic rings. The van der Waals surface area contributed by atoms with Gasteiger partial charge in [0, 0.05) is 11.3 Å². The Morgan fingerprint density at radius 1 is 0.893 bits per heavy atom. The van der Waals surface area contributed by atoms with E-state index in [9.17, 15) is 13.2 Å². The lowest BCUT2D eigenvalue weighted by Crippen LogP contribution is -2.15. The predicted molar refractivity (Wildman–Crippen MR) is 112 cm³/mol. The molecule has 3 aromatic carbocycles. The van der Waals surface area contributed by atoms with Crippen molar-refractivity contribution < 1.29 is 13.2 Å². The van der Waals surface area contributed by atoms with E-state index in [1.807, 2.05) is 43.3 Å². The second kappa shape index (κ2) is 8.27. The zero-order valence-corrected chi connectivity index (χ0v) is 16.6. The van der Waals surface area contributed by atoms with Crippen molar-refractivity contribution in [3.05, 3.63) is 89.5 Å². The Hall–Kier alpha value is -3.12. The van der Waals surface area contributed by atoms with Crippen molar-refractivity contribution in [1.82, 2.24) is 0 Å². The molecule has 0 bridgehead atoms. The van der Waals surface area contributed by atoms with Gasteiger partial charge in [0.05, 0.1) is 10.6 Å². The Kier molecular flexibility index (Phi) is 5.80. The summed E-state index contributed by atoms with van der Waals surface area (Å²) in [5.74, 6) is -0.292. The summed E-state index contributed by atoms with van der Waals surface area (Å²) in [6.07, 6.45) is 0.931. The summed E-state index contributed by atoms with van der Waals surface area (Å²) in [6, 6.07) is 20.6. The first-order valence-corrected chi connectivity index (χ1v) is 10.5. The number of sulfonamides is 1. The van der Waals surface area contributed by atoms with Gasteiger partial charge in [0.15, 0.2) is 0 Å². The van der Waals surface area contributed by atoms with E-state index in [0.717, 1.165) is 12.0 Å². The summed E-state index contributed by atoms with van der Waals surface area (Å²) in [5.41, 5.74) is 3.62. The van der Waals surface area contributed by atoms with Crippen LogP contribution in [-0.4, -0.2) is 14.3 Å². The molecule has 0 aliphatic carbocycles. The Morgan fingerprint density at radius 2 is 1.54 bits per heavy atom. The van der Waals surface area contributed by atoms with Crippen LogP contribution in [-0.2, 0) is 16.4 Å². The van der Waals surface area contributed by atoms with Crippen LogP contribution < -0.4 is 10.0 Å². The van der Waals surface area contributed by atoms with Gasteiger partial charge in [0.25, 0.3) is 15.9 Å². The van der Waals surface area contributed by atoms with E-state index in [-0.39, 0.29) is 10.8 Å². The first kappa shape index (κ1) is 19.6. The van der Waals surface area contributed by atoms with Crippen molar-refractivity contribution >= 4 is 27.3 Å². The fraction of sp³-hybridized carbons (Fsp3) is 0.136. The highest BCUT2D eigenvalue weighted by atomic mass is 32.2. The normalized spacial score (nSPS) is 11.1. The van der Waals surface area contributed by atoms with Crippen molar-refractivity contribution in [2.45, 2.75) is 25.2 Å². The molecule has 0 aromatic heterocycles. The number of carbonyl (C=O) groups excluding carboxylic acids is 1. The van der Waals surface area contributed by atoms with Gasteiger partial charge in [-0.15, -0.1) is 0 Å². The maximum absolute atomic E-state index is 12.6. The number of para-hydroxylation sites is 1. The maximum atomic E-state index is 12.6. The third-order valence-corrected chi connectivity index (χ3v) is 5.82. The van der Waals surface area contributed by atoms with Crippen molar-refractivity contribution in [2.24, 2.45) is 0 Å². The molecule has 28 heavy (non-hydrogen) atoms. The smallest absolute Gasteiger partial charge is 0.261 e. The van der Waals surface area contributed by atoms with Crippen LogP contribution in [0.4, 0.5) is 11.4 Å². The van der Waals surface area contributed by atoms with Gasteiger partial charge in [-0.2, -0.15) is 0 Å². The molecule has 5 nitrogen and oxygen atoms in total. The molecular weight excluding hydrogens is 372 g/mol. The van der Waals surface area contributed by atoms with Gasteiger partial charge in [-0.05, 0) is 66.9 Å². The maximum Gasteiger partial charge on any atom is 0.261 e. The van der Waals surface area contributed by atoms with E-state index in [1.165, 1.54) is 29.8 Å². The molecular formula is C22H22N2O3S. The van der Waals surface area contributed by atoms with Crippen LogP contribution in [0, 0.1) is 6.92 Å². The lowest BCUT2D eigenvalue weighted by atomic mass is 10.1. The van der Waals surface area contributed by atoms with Gasteiger partial charge in [0.2, 0.25) is 0 Å². The minimum atomic E-state index is -3.73. The number of carbonyl (C=O) groups is 1. The number of aryl methyl sites for hydroxylation is 2. The number of benzene rings is 3. The molecule has 0 fully saturated rings. The highest BCUT2D eigenvalue weighted by molar-refractivity contribution is 7.92. The second-order valence-corrected chi connectivity index (χ2v) is 8.13. The molecule has 0 atom stereocenters. The molecule has 0 saturated carbocycles. The quantitative estimate of drug-likeness (QED) is 0.641. The highest BCUT2D eigenvalue weighted by Gasteiger charge is 2.16. The molecule has 0 saturated heterocycles. The summed E-state index contributed by atoms with van der Waals surface area (Å²) < 4.78 is 27.7. The molecule has 0 aliphatic heterocycles. The average Bonchev–Trinajstić information content (AvgIpc) is 2.70. The molecule has 0 radical (unpaired) electrons. The van der Waals surface area contributed by atoms with Crippen LogP contribution in [0.3, 0.4) is 0 Å². The van der Waals surface area contributed by atoms with E-state index >= 15 is 0 Å². The van der Waals surface area contributed by atoms with E-state index in [1.54, 1.807) is 12.1 Å². The predicted octanol–water partition coefficient (Wildman–Crippen LogP) is 4.61. The third kappa shape index (κ3) is 4.58. The Labute approximate surface area is 165 Å². The van der Waals surface area contributed by atoms with Crippen molar-refractivity contribution in [1.29, 1.82) is 0 Å². The lowest BCUT2D eigenvalue weighted by Gasteiger charge is -2.11. The van der Waals surface area contributed by atoms with Gasteiger partial charge < -0.3 is 5.32 Å². The minimum absolute atomic E-state index is 0.0969. The largest absolute Gasteiger partial charge is 0.322 e. The molecule has 0 spiro atoms. The Balaban J connectivity index is 1.73. The number of amides is 1. The number of hydrogen-bond acceptors (Lipinski definition) is 3. The summed E-state index contributed by atoms with van der Waals surface area (Å²) in [5, 5.41) is 2.81. The number of hydrogen-bond donors (Lipinski definition) is 2. The van der Waals surface area contributed by atoms with Gasteiger partial charge in [-0.1, -0.05) is 37.3 Å². The molecule has 0 heterocycles. The van der Waals surface area contributed by atoms with E-state index in [4.69, 9.17) is 0 Å². The van der Waals surface area contributed by atoms with Gasteiger partial charge in [0.1, 0.15) is 0 Å². The van der Waals surface area contributed by atoms with E-state index < -0.39 is 10.0 Å². The number of anilines is 2. The fourth-order valence-electron chi connectivity index (χ4n) is 2.70. The first-order valence-electron chi connectivity index (χ1n) is 8.98. The summed E-state index contributed by atoms with van der Waals surface area (Å²) in [4.78, 5) is 12.5. The lowest BCUT2D eigenvalue weighted by molar-refractivity contribution is 0.102. The molecule has 3 rings (SSSR count). The van der Waals surface area contributed by atoms with Gasteiger partial charge in [-0.3, -0.25) is 9.52 Å². The second-order valence-electron chi connectivity index (χ2n) is 6.45. The van der Waals surface area contributed by atoms with E-state index in [2.05, 4.69) is 17.0 Å². The van der Waals surface area contributed by atoms with Gasteiger partial charge in [-0.25, -0.2) is 8.42 Å². The molecule has 1 amide bonds. The van der Waals surface area contributed by atoms with Crippen LogP contribution in [0.1, 0.15) is 28.4 Å². The topological polar surface area (TPSA) is 75.3 Å². The molecule has 144 valence electrons. The first-order chi connectivity index (χ1) is 13.4. The fourth-order valence-corrected chi connectivity index (χ4v) is 3.83. The van der Waals surface area contributed by atoms with Crippen LogP contribution in [0.25, 0.3) is 0 Å². The average molecular weight is 394 g/mol. The molecule has 0 aliphatic rings. The van der Waals surface area contributed by atoms with Crippen molar-refractivity contribution in [3.8, 4) is 0 Å². The summed E-state index contributed by atoms with van der Waals surface area (Å²) in [7, 11) is -3.73. The molecule has 2 N–H and O–H groups in total. The highest BCUT2D eigenvalue weighted by Crippen LogP contribution is 2.20. The van der Waals surface area contributed by atoms with Crippen molar-refractivity contribution in [2.75, 3.05) is 10.0 Å². The Bertz CT molecular complexity index is 1070. The Morgan fingerprint density at radius 3 is 2.14 bits per heavy atom. The zero-order chi connectivity index (χ0) is 20.1. The molecule has 6 heteroatoms. The van der Waals surface area contributed by atoms with Crippen LogP contribution >= 0.6 is 0 Å². The van der Waals surface area contributed by atoms with Crippen LogP contribution in [0.2, 0.25) is 0 Å².